The second-order valence-electron chi connectivity index (χ2n) is 5.79. The summed E-state index contributed by atoms with van der Waals surface area (Å²) in [6.45, 7) is 3.27. The molecule has 0 radical (unpaired) electrons. The van der Waals surface area contributed by atoms with Gasteiger partial charge in [-0.25, -0.2) is 0 Å². The fourth-order valence-electron chi connectivity index (χ4n) is 2.35. The molecular formula is C13H27IN4. The topological polar surface area (TPSA) is 39.7 Å². The van der Waals surface area contributed by atoms with E-state index in [2.05, 4.69) is 41.5 Å². The van der Waals surface area contributed by atoms with Gasteiger partial charge >= 0.3 is 0 Å². The summed E-state index contributed by atoms with van der Waals surface area (Å²) in [6, 6.07) is 1.28. The van der Waals surface area contributed by atoms with Gasteiger partial charge in [-0.15, -0.1) is 24.0 Å². The lowest BCUT2D eigenvalue weighted by Gasteiger charge is -2.25. The maximum Gasteiger partial charge on any atom is 0.191 e. The molecule has 2 N–H and O–H groups in total. The summed E-state index contributed by atoms with van der Waals surface area (Å²) in [7, 11) is 6.19. The van der Waals surface area contributed by atoms with E-state index in [0.29, 0.717) is 12.1 Å². The first-order valence-electron chi connectivity index (χ1n) is 6.75. The monoisotopic (exact) mass is 366 g/mol. The summed E-state index contributed by atoms with van der Waals surface area (Å²) < 4.78 is 0. The molecule has 2 fully saturated rings. The lowest BCUT2D eigenvalue weighted by atomic mass is 10.1. The summed E-state index contributed by atoms with van der Waals surface area (Å²) in [5.74, 6) is 2.66. The average Bonchev–Trinajstić information content (AvgIpc) is 3.16. The Hall–Kier alpha value is -0.0400. The van der Waals surface area contributed by atoms with Gasteiger partial charge < -0.3 is 15.5 Å². The molecule has 3 unspecified atom stereocenters. The van der Waals surface area contributed by atoms with Gasteiger partial charge in [-0.1, -0.05) is 6.92 Å². The molecule has 0 heterocycles. The number of aliphatic imine (C=N–C) groups is 1. The summed E-state index contributed by atoms with van der Waals surface area (Å²) in [5, 5.41) is 6.93. The van der Waals surface area contributed by atoms with Crippen molar-refractivity contribution >= 4 is 29.9 Å². The molecule has 18 heavy (non-hydrogen) atoms. The van der Waals surface area contributed by atoms with Gasteiger partial charge in [0.1, 0.15) is 0 Å². The van der Waals surface area contributed by atoms with Crippen LogP contribution in [0, 0.1) is 11.8 Å². The lowest BCUT2D eigenvalue weighted by molar-refractivity contribution is 0.264. The molecule has 0 aromatic carbocycles. The van der Waals surface area contributed by atoms with E-state index in [-0.39, 0.29) is 24.0 Å². The van der Waals surface area contributed by atoms with Crippen molar-refractivity contribution in [2.45, 2.75) is 38.3 Å². The third-order valence-corrected chi connectivity index (χ3v) is 3.96. The molecule has 0 aromatic heterocycles. The first-order chi connectivity index (χ1) is 8.11. The zero-order chi connectivity index (χ0) is 12.4. The Morgan fingerprint density at radius 2 is 2.00 bits per heavy atom. The van der Waals surface area contributed by atoms with Crippen molar-refractivity contribution in [3.8, 4) is 0 Å². The molecule has 0 aliphatic heterocycles. The van der Waals surface area contributed by atoms with Gasteiger partial charge in [0.2, 0.25) is 0 Å². The highest BCUT2D eigenvalue weighted by molar-refractivity contribution is 14.0. The first-order valence-corrected chi connectivity index (χ1v) is 6.75. The highest BCUT2D eigenvalue weighted by atomic mass is 127. The molecule has 0 saturated heterocycles. The molecule has 0 bridgehead atoms. The summed E-state index contributed by atoms with van der Waals surface area (Å²) in [4.78, 5) is 6.62. The van der Waals surface area contributed by atoms with E-state index in [0.717, 1.165) is 24.3 Å². The van der Waals surface area contributed by atoms with Crippen molar-refractivity contribution in [2.24, 2.45) is 16.8 Å². The van der Waals surface area contributed by atoms with Crippen molar-refractivity contribution in [2.75, 3.05) is 27.7 Å². The number of nitrogens with one attached hydrogen (secondary N) is 2. The predicted octanol–water partition coefficient (Wildman–Crippen LogP) is 1.52. The quantitative estimate of drug-likeness (QED) is 0.440. The van der Waals surface area contributed by atoms with E-state index in [4.69, 9.17) is 0 Å². The Morgan fingerprint density at radius 1 is 1.39 bits per heavy atom. The van der Waals surface area contributed by atoms with E-state index in [1.54, 1.807) is 0 Å². The minimum Gasteiger partial charge on any atom is -0.355 e. The number of guanidine groups is 1. The van der Waals surface area contributed by atoms with E-state index < -0.39 is 0 Å². The molecule has 0 amide bonds. The molecule has 4 nitrogen and oxygen atoms in total. The highest BCUT2D eigenvalue weighted by Crippen LogP contribution is 2.34. The van der Waals surface area contributed by atoms with E-state index >= 15 is 0 Å². The SMILES string of the molecule is CN=C(NCC(C1CC1)N(C)C)NC1CC1C.I. The van der Waals surface area contributed by atoms with E-state index in [1.165, 1.54) is 19.3 Å². The van der Waals surface area contributed by atoms with Crippen molar-refractivity contribution in [1.29, 1.82) is 0 Å². The lowest BCUT2D eigenvalue weighted by Crippen LogP contribution is -2.46. The molecule has 3 atom stereocenters. The Labute approximate surface area is 128 Å². The zero-order valence-corrected chi connectivity index (χ0v) is 14.3. The highest BCUT2D eigenvalue weighted by Gasteiger charge is 2.34. The predicted molar refractivity (Wildman–Crippen MR) is 87.7 cm³/mol. The molecule has 0 spiro atoms. The summed E-state index contributed by atoms with van der Waals surface area (Å²) in [5.41, 5.74) is 0. The van der Waals surface area contributed by atoms with Gasteiger partial charge in [0.25, 0.3) is 0 Å². The Morgan fingerprint density at radius 3 is 2.39 bits per heavy atom. The molecule has 0 aromatic rings. The van der Waals surface area contributed by atoms with Crippen LogP contribution in [0.15, 0.2) is 4.99 Å². The first kappa shape index (κ1) is 16.0. The number of rotatable bonds is 5. The van der Waals surface area contributed by atoms with Gasteiger partial charge in [-0.3, -0.25) is 4.99 Å². The third-order valence-electron chi connectivity index (χ3n) is 3.96. The number of nitrogens with zero attached hydrogens (tertiary/aromatic N) is 2. The number of hydrogen-bond donors (Lipinski definition) is 2. The van der Waals surface area contributed by atoms with Gasteiger partial charge in [0.05, 0.1) is 0 Å². The maximum atomic E-state index is 4.29. The molecule has 106 valence electrons. The van der Waals surface area contributed by atoms with Crippen LogP contribution in [-0.2, 0) is 0 Å². The minimum absolute atomic E-state index is 0. The van der Waals surface area contributed by atoms with Crippen molar-refractivity contribution in [1.82, 2.24) is 15.5 Å². The fraction of sp³-hybridized carbons (Fsp3) is 0.923. The average molecular weight is 366 g/mol. The van der Waals surface area contributed by atoms with Crippen LogP contribution in [0.4, 0.5) is 0 Å². The number of halogens is 1. The van der Waals surface area contributed by atoms with Gasteiger partial charge in [-0.2, -0.15) is 0 Å². The Bertz CT molecular complexity index is 287. The van der Waals surface area contributed by atoms with Crippen LogP contribution in [0.2, 0.25) is 0 Å². The van der Waals surface area contributed by atoms with Crippen LogP contribution in [0.25, 0.3) is 0 Å². The molecule has 2 saturated carbocycles. The van der Waals surface area contributed by atoms with E-state index in [1.807, 2.05) is 7.05 Å². The second kappa shape index (κ2) is 6.93. The van der Waals surface area contributed by atoms with Crippen LogP contribution in [0.1, 0.15) is 26.2 Å². The standard InChI is InChI=1S/C13H26N4.HI/c1-9-7-11(9)16-13(14-2)15-8-12(17(3)4)10-5-6-10;/h9-12H,5-8H2,1-4H3,(H2,14,15,16);1H. The number of likely N-dealkylation sites (N-methyl/N-ethyl adjacent to an activating group) is 1. The van der Waals surface area contributed by atoms with Crippen LogP contribution in [0.3, 0.4) is 0 Å². The Kier molecular flexibility index (Phi) is 6.17. The summed E-state index contributed by atoms with van der Waals surface area (Å²) >= 11 is 0. The Balaban J connectivity index is 0.00000162. The molecule has 2 aliphatic rings. The van der Waals surface area contributed by atoms with Crippen molar-refractivity contribution in [3.05, 3.63) is 0 Å². The van der Waals surface area contributed by atoms with Gasteiger partial charge in [-0.05, 0) is 45.2 Å². The second-order valence-corrected chi connectivity index (χ2v) is 5.79. The molecule has 2 rings (SSSR count). The maximum absolute atomic E-state index is 4.29. The fourth-order valence-corrected chi connectivity index (χ4v) is 2.35. The molecule has 5 heteroatoms. The summed E-state index contributed by atoms with van der Waals surface area (Å²) in [6.07, 6.45) is 4.05. The van der Waals surface area contributed by atoms with Crippen molar-refractivity contribution in [3.63, 3.8) is 0 Å². The van der Waals surface area contributed by atoms with Crippen LogP contribution in [-0.4, -0.2) is 50.6 Å². The van der Waals surface area contributed by atoms with Crippen molar-refractivity contribution < 1.29 is 0 Å². The number of hydrogen-bond acceptors (Lipinski definition) is 2. The largest absolute Gasteiger partial charge is 0.355 e. The zero-order valence-electron chi connectivity index (χ0n) is 11.9. The van der Waals surface area contributed by atoms with E-state index in [9.17, 15) is 0 Å². The smallest absolute Gasteiger partial charge is 0.191 e. The van der Waals surface area contributed by atoms with Gasteiger partial charge in [0, 0.05) is 25.7 Å². The minimum atomic E-state index is 0. The van der Waals surface area contributed by atoms with Crippen LogP contribution < -0.4 is 10.6 Å². The van der Waals surface area contributed by atoms with Gasteiger partial charge in [0.15, 0.2) is 5.96 Å². The normalized spacial score (nSPS) is 28.6. The molecule has 2 aliphatic carbocycles. The van der Waals surface area contributed by atoms with Crippen LogP contribution in [0.5, 0.6) is 0 Å². The third kappa shape index (κ3) is 4.57. The molecular weight excluding hydrogens is 339 g/mol. The van der Waals surface area contributed by atoms with Crippen LogP contribution >= 0.6 is 24.0 Å².